The van der Waals surface area contributed by atoms with E-state index >= 15 is 0 Å². The number of nitrogens with one attached hydrogen (secondary N) is 1. The molecule has 2 N–H and O–H groups in total. The Morgan fingerprint density at radius 2 is 1.34 bits per heavy atom. The van der Waals surface area contributed by atoms with Gasteiger partial charge in [0, 0.05) is 12.0 Å². The van der Waals surface area contributed by atoms with Crippen molar-refractivity contribution in [3.63, 3.8) is 0 Å². The van der Waals surface area contributed by atoms with Gasteiger partial charge in [-0.3, -0.25) is 9.59 Å². The highest BCUT2D eigenvalue weighted by Gasteiger charge is 2.19. The molecule has 0 fully saturated rings. The van der Waals surface area contributed by atoms with Crippen LogP contribution < -0.4 is 5.32 Å². The maximum Gasteiger partial charge on any atom is 0.407 e. The molecule has 7 heteroatoms. The number of hydrogen-bond acceptors (Lipinski definition) is 4. The number of allylic oxidation sites excluding steroid dienone is 5. The molecule has 0 aromatic heterocycles. The van der Waals surface area contributed by atoms with Crippen molar-refractivity contribution < 1.29 is 24.2 Å². The molecule has 3 aliphatic rings. The monoisotopic (exact) mass is 467 g/mol. The summed E-state index contributed by atoms with van der Waals surface area (Å²) in [6.45, 7) is 5.61. The molecule has 0 aromatic rings. The predicted molar refractivity (Wildman–Crippen MR) is 128 cm³/mol. The lowest BCUT2D eigenvalue weighted by Crippen LogP contribution is -2.39. The van der Waals surface area contributed by atoms with Crippen LogP contribution >= 0.6 is 11.6 Å². The van der Waals surface area contributed by atoms with Crippen molar-refractivity contribution in [3.8, 4) is 0 Å². The molecule has 6 nitrogen and oxygen atoms in total. The highest BCUT2D eigenvalue weighted by atomic mass is 35.5. The van der Waals surface area contributed by atoms with E-state index in [1.165, 1.54) is 0 Å². The molecule has 3 rings (SSSR count). The molecule has 32 heavy (non-hydrogen) atoms. The number of halogens is 1. The first-order valence-corrected chi connectivity index (χ1v) is 11.8. The lowest BCUT2D eigenvalue weighted by Gasteiger charge is -2.24. The van der Waals surface area contributed by atoms with Gasteiger partial charge in [0.25, 0.3) is 0 Å². The van der Waals surface area contributed by atoms with Gasteiger partial charge in [-0.25, -0.2) is 4.79 Å². The molecule has 0 spiro atoms. The Bertz CT molecular complexity index is 659. The SMILES string of the molecule is CC(C)(C)OC(=O)N[C@H]1CC=CCC1.O=C(Cl)[C@H]1CC=CCC1.O=C(O)[C@H]1CC=CCC1. The number of aliphatic carboxylic acids is 1. The molecule has 0 bridgehead atoms. The number of carboxylic acids is 1. The van der Waals surface area contributed by atoms with Crippen LogP contribution in [0, 0.1) is 11.8 Å². The summed E-state index contributed by atoms with van der Waals surface area (Å²) in [6, 6.07) is 0.245. The molecular formula is C25H38ClNO5. The van der Waals surface area contributed by atoms with Gasteiger partial charge in [0.05, 0.1) is 5.92 Å². The van der Waals surface area contributed by atoms with Crippen LogP contribution in [0.4, 0.5) is 4.79 Å². The Hall–Kier alpha value is -2.08. The Labute approximate surface area is 197 Å². The number of rotatable bonds is 3. The quantitative estimate of drug-likeness (QED) is 0.383. The Morgan fingerprint density at radius 3 is 1.66 bits per heavy atom. The number of alkyl carbamates (subject to hydrolysis) is 1. The van der Waals surface area contributed by atoms with Gasteiger partial charge in [-0.05, 0) is 90.2 Å². The van der Waals surface area contributed by atoms with Gasteiger partial charge in [0.1, 0.15) is 5.60 Å². The molecule has 0 aromatic carbocycles. The summed E-state index contributed by atoms with van der Waals surface area (Å²) in [7, 11) is 0. The molecule has 180 valence electrons. The lowest BCUT2D eigenvalue weighted by atomic mass is 9.95. The van der Waals surface area contributed by atoms with Crippen molar-refractivity contribution in [2.24, 2.45) is 11.8 Å². The van der Waals surface area contributed by atoms with Gasteiger partial charge < -0.3 is 15.2 Å². The summed E-state index contributed by atoms with van der Waals surface area (Å²) in [5.74, 6) is -0.675. The lowest BCUT2D eigenvalue weighted by molar-refractivity contribution is -0.141. The van der Waals surface area contributed by atoms with Crippen molar-refractivity contribution >= 4 is 28.9 Å². The third-order valence-corrected chi connectivity index (χ3v) is 5.51. The van der Waals surface area contributed by atoms with Gasteiger partial charge in [0.15, 0.2) is 0 Å². The number of ether oxygens (including phenoxy) is 1. The average Bonchev–Trinajstić information content (AvgIpc) is 2.75. The van der Waals surface area contributed by atoms with Gasteiger partial charge in [-0.2, -0.15) is 0 Å². The van der Waals surface area contributed by atoms with E-state index in [0.29, 0.717) is 0 Å². The molecule has 0 radical (unpaired) electrons. The molecule has 3 aliphatic carbocycles. The van der Waals surface area contributed by atoms with Crippen LogP contribution in [0.5, 0.6) is 0 Å². The fraction of sp³-hybridized carbons (Fsp3) is 0.640. The summed E-state index contributed by atoms with van der Waals surface area (Å²) >= 11 is 5.28. The van der Waals surface area contributed by atoms with Crippen LogP contribution in [-0.2, 0) is 14.3 Å². The van der Waals surface area contributed by atoms with Crippen molar-refractivity contribution in [1.29, 1.82) is 0 Å². The molecule has 0 unspecified atom stereocenters. The van der Waals surface area contributed by atoms with Crippen LogP contribution in [0.3, 0.4) is 0 Å². The van der Waals surface area contributed by atoms with E-state index in [1.54, 1.807) is 0 Å². The smallest absolute Gasteiger partial charge is 0.407 e. The summed E-state index contributed by atoms with van der Waals surface area (Å²) in [4.78, 5) is 32.2. The van der Waals surface area contributed by atoms with E-state index in [9.17, 15) is 14.4 Å². The summed E-state index contributed by atoms with van der Waals surface area (Å²) in [5.41, 5.74) is -0.408. The highest BCUT2D eigenvalue weighted by molar-refractivity contribution is 6.64. The third-order valence-electron chi connectivity index (χ3n) is 5.20. The van der Waals surface area contributed by atoms with E-state index in [0.717, 1.165) is 57.8 Å². The fourth-order valence-electron chi connectivity index (χ4n) is 3.42. The second kappa shape index (κ2) is 14.9. The summed E-state index contributed by atoms with van der Waals surface area (Å²) in [5, 5.41) is 11.2. The van der Waals surface area contributed by atoms with Crippen LogP contribution in [0.15, 0.2) is 36.5 Å². The van der Waals surface area contributed by atoms with Crippen LogP contribution in [0.1, 0.15) is 78.6 Å². The predicted octanol–water partition coefficient (Wildman–Crippen LogP) is 6.16. The normalized spacial score (nSPS) is 24.2. The number of carbonyl (C=O) groups is 3. The second-order valence-electron chi connectivity index (χ2n) is 9.23. The van der Waals surface area contributed by atoms with Gasteiger partial charge in [0.2, 0.25) is 5.24 Å². The first-order chi connectivity index (χ1) is 15.1. The Kier molecular flexibility index (Phi) is 13.0. The standard InChI is InChI=1S/C11H19NO2.C7H9ClO.C7H10O2/c1-11(2,3)14-10(13)12-9-7-5-4-6-8-9;2*8-7(9)6-4-2-1-3-5-6/h4-5,9H,6-8H2,1-3H3,(H,12,13);1-2,6H,3-5H2;1-2,6H,3-5H2,(H,8,9)/t9-;2*6-/m000/s1. The number of amides is 1. The molecule has 0 aliphatic heterocycles. The zero-order chi connectivity index (χ0) is 24.0. The summed E-state index contributed by atoms with van der Waals surface area (Å²) < 4.78 is 5.17. The fourth-order valence-corrected chi connectivity index (χ4v) is 3.61. The number of hydrogen-bond donors (Lipinski definition) is 2. The maximum absolute atomic E-state index is 11.4. The van der Waals surface area contributed by atoms with Crippen molar-refractivity contribution in [2.75, 3.05) is 0 Å². The van der Waals surface area contributed by atoms with E-state index in [4.69, 9.17) is 21.4 Å². The zero-order valence-electron chi connectivity index (χ0n) is 19.5. The maximum atomic E-state index is 11.4. The minimum absolute atomic E-state index is 0.0941. The number of carbonyl (C=O) groups excluding carboxylic acids is 2. The van der Waals surface area contributed by atoms with Crippen molar-refractivity contribution in [3.05, 3.63) is 36.5 Å². The van der Waals surface area contributed by atoms with E-state index < -0.39 is 11.6 Å². The minimum Gasteiger partial charge on any atom is -0.481 e. The van der Waals surface area contributed by atoms with Crippen molar-refractivity contribution in [1.82, 2.24) is 5.32 Å². The average molecular weight is 468 g/mol. The van der Waals surface area contributed by atoms with E-state index in [1.807, 2.05) is 39.0 Å². The number of carboxylic acid groups (broad SMARTS) is 1. The van der Waals surface area contributed by atoms with Crippen LogP contribution in [0.2, 0.25) is 0 Å². The zero-order valence-corrected chi connectivity index (χ0v) is 20.3. The van der Waals surface area contributed by atoms with Gasteiger partial charge in [-0.1, -0.05) is 36.5 Å². The first-order valence-electron chi connectivity index (χ1n) is 11.4. The van der Waals surface area contributed by atoms with Crippen LogP contribution in [-0.4, -0.2) is 34.1 Å². The largest absolute Gasteiger partial charge is 0.481 e. The second-order valence-corrected chi connectivity index (χ2v) is 9.61. The minimum atomic E-state index is -0.653. The molecule has 0 saturated carbocycles. The summed E-state index contributed by atoms with van der Waals surface area (Å²) in [6.07, 6.45) is 20.2. The van der Waals surface area contributed by atoms with E-state index in [-0.39, 0.29) is 29.2 Å². The van der Waals surface area contributed by atoms with E-state index in [2.05, 4.69) is 23.5 Å². The Morgan fingerprint density at radius 1 is 0.844 bits per heavy atom. The first kappa shape index (κ1) is 28.0. The van der Waals surface area contributed by atoms with Gasteiger partial charge >= 0.3 is 12.1 Å². The Balaban J connectivity index is 0.000000250. The molecular weight excluding hydrogens is 430 g/mol. The van der Waals surface area contributed by atoms with Gasteiger partial charge in [-0.15, -0.1) is 0 Å². The third kappa shape index (κ3) is 13.4. The molecule has 1 amide bonds. The van der Waals surface area contributed by atoms with Crippen LogP contribution in [0.25, 0.3) is 0 Å². The van der Waals surface area contributed by atoms with Crippen molar-refractivity contribution in [2.45, 2.75) is 90.2 Å². The molecule has 0 heterocycles. The molecule has 3 atom stereocenters. The molecule has 0 saturated heterocycles. The topological polar surface area (TPSA) is 92.7 Å². The highest BCUT2D eigenvalue weighted by Crippen LogP contribution is 2.20.